The fraction of sp³-hybridized carbons (Fsp3) is 0.500. The van der Waals surface area contributed by atoms with Gasteiger partial charge in [-0.15, -0.1) is 0 Å². The zero-order valence-electron chi connectivity index (χ0n) is 11.2. The maximum absolute atomic E-state index is 11.0. The molecule has 0 aliphatic rings. The molecule has 2 N–H and O–H groups in total. The summed E-state index contributed by atoms with van der Waals surface area (Å²) in [5.41, 5.74) is 0.586. The molecule has 0 bridgehead atoms. The van der Waals surface area contributed by atoms with Gasteiger partial charge in [0.15, 0.2) is 0 Å². The van der Waals surface area contributed by atoms with Gasteiger partial charge >= 0.3 is 96.4 Å². The Morgan fingerprint density at radius 1 is 1.28 bits per heavy atom. The van der Waals surface area contributed by atoms with E-state index in [1.807, 2.05) is 0 Å². The molecule has 0 aromatic rings. The number of carboxylic acid groups (broad SMARTS) is 1. The molecule has 0 fully saturated rings. The maximum atomic E-state index is 11.0. The second kappa shape index (κ2) is 11.5. The molecular formula is C12H19NaO5. The van der Waals surface area contributed by atoms with Crippen LogP contribution in [0.1, 0.15) is 20.3 Å². The molecule has 0 saturated heterocycles. The van der Waals surface area contributed by atoms with Crippen molar-refractivity contribution in [3.8, 4) is 0 Å². The van der Waals surface area contributed by atoms with Crippen LogP contribution in [0.15, 0.2) is 24.3 Å². The molecule has 0 radical (unpaired) electrons. The minimum absolute atomic E-state index is 0.0659. The molecule has 0 aliphatic heterocycles. The Labute approximate surface area is 125 Å². The number of rotatable bonds is 6. The van der Waals surface area contributed by atoms with Gasteiger partial charge < -0.3 is 5.11 Å². The molecule has 98 valence electrons. The van der Waals surface area contributed by atoms with Crippen LogP contribution in [0.5, 0.6) is 0 Å². The number of hydrogen-bond donors (Lipinski definition) is 2. The van der Waals surface area contributed by atoms with E-state index in [0.29, 0.717) is 12.0 Å². The van der Waals surface area contributed by atoms with Crippen LogP contribution >= 0.6 is 0 Å². The van der Waals surface area contributed by atoms with Gasteiger partial charge in [0, 0.05) is 5.57 Å². The topological polar surface area (TPSA) is 83.8 Å². The predicted octanol–water partition coefficient (Wildman–Crippen LogP) is 1.09. The van der Waals surface area contributed by atoms with Crippen LogP contribution in [-0.4, -0.2) is 62.8 Å². The Balaban J connectivity index is 0. The average molecular weight is 266 g/mol. The molecule has 0 aliphatic carbocycles. The quantitative estimate of drug-likeness (QED) is 0.427. The molecule has 18 heavy (non-hydrogen) atoms. The van der Waals surface area contributed by atoms with Gasteiger partial charge in [0.05, 0.1) is 0 Å². The van der Waals surface area contributed by atoms with Gasteiger partial charge in [-0.25, -0.2) is 4.79 Å². The number of ether oxygens (including phenoxy) is 1. The first-order chi connectivity index (χ1) is 8.26. The van der Waals surface area contributed by atoms with Gasteiger partial charge in [-0.2, -0.15) is 0 Å². The molecule has 0 saturated carbocycles. The molecular weight excluding hydrogens is 247 g/mol. The van der Waals surface area contributed by atoms with Crippen LogP contribution in [0.2, 0.25) is 3.67 Å². The van der Waals surface area contributed by atoms with Crippen LogP contribution in [-0.2, 0) is 14.3 Å². The number of esters is 1. The number of carbonyl (C=O) groups excluding carboxylic acids is 1. The fourth-order valence-corrected chi connectivity index (χ4v) is 1.32. The molecule has 0 rings (SSSR count). The molecule has 0 amide bonds. The molecule has 0 heterocycles. The first kappa shape index (κ1) is 19.7. The van der Waals surface area contributed by atoms with E-state index in [-0.39, 0.29) is 24.3 Å². The molecule has 0 spiro atoms. The second-order valence-corrected chi connectivity index (χ2v) is 4.63. The van der Waals surface area contributed by atoms with E-state index < -0.39 is 5.97 Å². The van der Waals surface area contributed by atoms with Crippen molar-refractivity contribution >= 4 is 39.9 Å². The van der Waals surface area contributed by atoms with Crippen LogP contribution in [0, 0.1) is 0 Å². The Bertz CT molecular complexity index is 300. The minimum atomic E-state index is -0.935. The second-order valence-electron chi connectivity index (χ2n) is 3.81. The van der Waals surface area contributed by atoms with Crippen molar-refractivity contribution in [3.63, 3.8) is 0 Å². The van der Waals surface area contributed by atoms with Gasteiger partial charge in [0.2, 0.25) is 0 Å². The van der Waals surface area contributed by atoms with E-state index >= 15 is 0 Å². The molecule has 5 nitrogen and oxygen atoms in total. The van der Waals surface area contributed by atoms with Crippen molar-refractivity contribution in [1.82, 2.24) is 0 Å². The van der Waals surface area contributed by atoms with Crippen molar-refractivity contribution in [1.29, 1.82) is 0 Å². The molecule has 1 atom stereocenters. The Morgan fingerprint density at radius 3 is 1.94 bits per heavy atom. The summed E-state index contributed by atoms with van der Waals surface area (Å²) >= 11 is 0.970. The molecule has 0 aromatic carbocycles. The molecule has 0 aromatic heterocycles. The zero-order valence-corrected chi connectivity index (χ0v) is 13.2. The Hall–Kier alpha value is -0.620. The molecule has 1 unspecified atom stereocenters. The van der Waals surface area contributed by atoms with Crippen LogP contribution in [0.4, 0.5) is 0 Å². The summed E-state index contributed by atoms with van der Waals surface area (Å²) in [7, 11) is 0. The Morgan fingerprint density at radius 2 is 1.72 bits per heavy atom. The third-order valence-corrected chi connectivity index (χ3v) is 2.80. The number of hydrogen-bond acceptors (Lipinski definition) is 4. The number of carboxylic acids is 1. The number of carbonyl (C=O) groups is 2. The Kier molecular flexibility index (Phi) is 12.6. The van der Waals surface area contributed by atoms with E-state index in [2.05, 4.69) is 13.2 Å². The van der Waals surface area contributed by atoms with Crippen molar-refractivity contribution < 1.29 is 24.5 Å². The standard InChI is InChI=1S/C8H13O3.C4H6O2.Na/c1-6(2)8(10)11-7(3)4-5-9;1-3(2)4(5)6;/h7,9H,1,3-5H2,2H3;1H2,2H3,(H,5,6);. The first-order valence-corrected chi connectivity index (χ1v) is 7.03. The third kappa shape index (κ3) is 11.9. The zero-order chi connectivity index (χ0) is 14.7. The summed E-state index contributed by atoms with van der Waals surface area (Å²) in [5, 5.41) is 16.5. The van der Waals surface area contributed by atoms with Gasteiger partial charge in [-0.05, 0) is 6.92 Å². The summed E-state index contributed by atoms with van der Waals surface area (Å²) in [4.78, 5) is 20.6. The fourth-order valence-electron chi connectivity index (χ4n) is 0.742. The van der Waals surface area contributed by atoms with E-state index in [0.717, 1.165) is 31.6 Å². The summed E-state index contributed by atoms with van der Waals surface area (Å²) in [6, 6.07) is 0. The van der Waals surface area contributed by atoms with Crippen molar-refractivity contribution in [2.45, 2.75) is 30.0 Å². The molecule has 6 heteroatoms. The van der Waals surface area contributed by atoms with Gasteiger partial charge in [-0.3, -0.25) is 0 Å². The van der Waals surface area contributed by atoms with Crippen LogP contribution in [0.25, 0.3) is 0 Å². The third-order valence-electron chi connectivity index (χ3n) is 1.89. The van der Waals surface area contributed by atoms with Gasteiger partial charge in [0.1, 0.15) is 0 Å². The number of aliphatic hydroxyl groups is 1. The predicted molar refractivity (Wildman–Crippen MR) is 69.4 cm³/mol. The number of aliphatic hydroxyl groups excluding tert-OH is 1. The van der Waals surface area contributed by atoms with Crippen molar-refractivity contribution in [2.75, 3.05) is 6.61 Å². The summed E-state index contributed by atoms with van der Waals surface area (Å²) in [6.07, 6.45) is 0.411. The normalized spacial score (nSPS) is 10.7. The average Bonchev–Trinajstić information content (AvgIpc) is 2.28. The van der Waals surface area contributed by atoms with E-state index in [1.54, 1.807) is 6.92 Å². The summed E-state index contributed by atoms with van der Waals surface area (Å²) < 4.78 is 5.90. The summed E-state index contributed by atoms with van der Waals surface area (Å²) in [5.74, 6) is -1.29. The van der Waals surface area contributed by atoms with Gasteiger partial charge in [0.25, 0.3) is 0 Å². The first-order valence-electron chi connectivity index (χ1n) is 5.62. The van der Waals surface area contributed by atoms with Crippen LogP contribution < -0.4 is 0 Å². The van der Waals surface area contributed by atoms with Crippen molar-refractivity contribution in [3.05, 3.63) is 24.3 Å². The van der Waals surface area contributed by atoms with E-state index in [4.69, 9.17) is 14.9 Å². The van der Waals surface area contributed by atoms with Crippen molar-refractivity contribution in [2.24, 2.45) is 0 Å². The van der Waals surface area contributed by atoms with E-state index in [9.17, 15) is 9.59 Å². The van der Waals surface area contributed by atoms with E-state index in [1.165, 1.54) is 6.92 Å². The SMILES string of the molecule is C=C(C)C(=O)O.C=C(C)C(=O)OC([CH2][Na])CCO. The monoisotopic (exact) mass is 266 g/mol. The summed E-state index contributed by atoms with van der Waals surface area (Å²) in [6.45, 7) is 9.76. The number of aliphatic carboxylic acids is 1. The van der Waals surface area contributed by atoms with Crippen LogP contribution in [0.3, 0.4) is 0 Å². The van der Waals surface area contributed by atoms with Gasteiger partial charge in [-0.1, -0.05) is 6.58 Å².